The van der Waals surface area contributed by atoms with Crippen LogP contribution in [0.3, 0.4) is 0 Å². The van der Waals surface area contributed by atoms with E-state index in [0.717, 1.165) is 15.4 Å². The van der Waals surface area contributed by atoms with Gasteiger partial charge in [0.1, 0.15) is 0 Å². The Hall–Kier alpha value is -2.40. The summed E-state index contributed by atoms with van der Waals surface area (Å²) in [6.07, 6.45) is 2.70. The molecular formula is C19H19NO3S. The number of hydrogen-bond acceptors (Lipinski definition) is 3. The van der Waals surface area contributed by atoms with Gasteiger partial charge in [-0.3, -0.25) is 4.79 Å². The van der Waals surface area contributed by atoms with E-state index in [1.54, 1.807) is 24.3 Å². The molecule has 0 spiro atoms. The molecule has 0 radical (unpaired) electrons. The maximum Gasteiger partial charge on any atom is 0.268 e. The van der Waals surface area contributed by atoms with Gasteiger partial charge in [-0.25, -0.2) is 12.7 Å². The first-order valence-corrected chi connectivity index (χ1v) is 9.25. The van der Waals surface area contributed by atoms with Crippen molar-refractivity contribution in [1.29, 1.82) is 0 Å². The van der Waals surface area contributed by atoms with E-state index in [2.05, 4.69) is 6.58 Å². The number of nitrogens with zero attached hydrogens (tertiary/aromatic N) is 1. The van der Waals surface area contributed by atoms with Crippen molar-refractivity contribution in [3.05, 3.63) is 77.9 Å². The van der Waals surface area contributed by atoms with Crippen molar-refractivity contribution in [2.24, 2.45) is 0 Å². The van der Waals surface area contributed by atoms with Crippen molar-refractivity contribution in [2.45, 2.75) is 30.7 Å². The van der Waals surface area contributed by atoms with Crippen LogP contribution < -0.4 is 0 Å². The average molecular weight is 341 g/mol. The zero-order chi connectivity index (χ0) is 17.3. The second-order valence-electron chi connectivity index (χ2n) is 5.92. The van der Waals surface area contributed by atoms with E-state index in [9.17, 15) is 13.2 Å². The van der Waals surface area contributed by atoms with Gasteiger partial charge in [0.2, 0.25) is 0 Å². The van der Waals surface area contributed by atoms with Gasteiger partial charge in [-0.05, 0) is 43.5 Å². The number of benzene rings is 2. The number of rotatable bonds is 3. The molecule has 0 fully saturated rings. The van der Waals surface area contributed by atoms with Crippen LogP contribution in [0, 0.1) is 6.92 Å². The number of amides is 1. The number of carbonyl (C=O) groups is 1. The fraction of sp³-hybridized carbons (Fsp3) is 0.211. The van der Waals surface area contributed by atoms with Crippen LogP contribution in [-0.4, -0.2) is 24.7 Å². The minimum Gasteiger partial charge on any atom is -0.268 e. The van der Waals surface area contributed by atoms with Gasteiger partial charge in [0.15, 0.2) is 0 Å². The van der Waals surface area contributed by atoms with Crippen molar-refractivity contribution in [2.75, 3.05) is 0 Å². The van der Waals surface area contributed by atoms with Gasteiger partial charge < -0.3 is 0 Å². The van der Waals surface area contributed by atoms with Gasteiger partial charge in [-0.2, -0.15) is 0 Å². The smallest absolute Gasteiger partial charge is 0.268 e. The van der Waals surface area contributed by atoms with Crippen molar-refractivity contribution in [1.82, 2.24) is 4.31 Å². The van der Waals surface area contributed by atoms with Gasteiger partial charge in [-0.15, -0.1) is 6.58 Å². The summed E-state index contributed by atoms with van der Waals surface area (Å²) >= 11 is 0. The number of hydrogen-bond donors (Lipinski definition) is 0. The molecule has 5 heteroatoms. The predicted molar refractivity (Wildman–Crippen MR) is 93.3 cm³/mol. The van der Waals surface area contributed by atoms with Crippen LogP contribution in [0.2, 0.25) is 0 Å². The van der Waals surface area contributed by atoms with Crippen molar-refractivity contribution in [3.63, 3.8) is 0 Å². The predicted octanol–water partition coefficient (Wildman–Crippen LogP) is 3.33. The number of carbonyl (C=O) groups excluding carboxylic acids is 1. The maximum absolute atomic E-state index is 13.1. The molecule has 24 heavy (non-hydrogen) atoms. The Morgan fingerprint density at radius 3 is 2.46 bits per heavy atom. The summed E-state index contributed by atoms with van der Waals surface area (Å²) in [5, 5.41) is 0. The lowest BCUT2D eigenvalue weighted by Gasteiger charge is -2.27. The molecule has 0 saturated carbocycles. The van der Waals surface area contributed by atoms with E-state index in [1.807, 2.05) is 19.1 Å². The number of aryl methyl sites for hydroxylation is 2. The van der Waals surface area contributed by atoms with Crippen LogP contribution >= 0.6 is 0 Å². The van der Waals surface area contributed by atoms with Gasteiger partial charge in [0, 0.05) is 5.56 Å². The molecule has 0 aromatic heterocycles. The molecule has 1 aliphatic rings. The fourth-order valence-electron chi connectivity index (χ4n) is 2.96. The third-order valence-electron chi connectivity index (χ3n) is 4.31. The van der Waals surface area contributed by atoms with Crippen LogP contribution in [0.15, 0.2) is 66.1 Å². The Morgan fingerprint density at radius 1 is 1.12 bits per heavy atom. The first kappa shape index (κ1) is 16.5. The lowest BCUT2D eigenvalue weighted by molar-refractivity contribution is 0.0842. The van der Waals surface area contributed by atoms with Crippen molar-refractivity contribution in [3.8, 4) is 0 Å². The van der Waals surface area contributed by atoms with E-state index < -0.39 is 22.0 Å². The topological polar surface area (TPSA) is 54.5 Å². The molecule has 0 bridgehead atoms. The van der Waals surface area contributed by atoms with E-state index in [4.69, 9.17) is 0 Å². The van der Waals surface area contributed by atoms with Gasteiger partial charge in [0.05, 0.1) is 10.9 Å². The van der Waals surface area contributed by atoms with E-state index in [0.29, 0.717) is 18.4 Å². The Balaban J connectivity index is 2.14. The normalized spacial score (nSPS) is 18.0. The highest BCUT2D eigenvalue weighted by atomic mass is 32.2. The summed E-state index contributed by atoms with van der Waals surface area (Å²) in [7, 11) is -3.94. The Morgan fingerprint density at radius 2 is 1.79 bits per heavy atom. The molecule has 1 heterocycles. The molecule has 124 valence electrons. The molecule has 0 aliphatic carbocycles. The quantitative estimate of drug-likeness (QED) is 0.805. The molecule has 0 N–H and O–H groups in total. The van der Waals surface area contributed by atoms with Crippen LogP contribution in [0.5, 0.6) is 0 Å². The van der Waals surface area contributed by atoms with Crippen LogP contribution in [-0.2, 0) is 16.4 Å². The molecule has 2 aromatic rings. The third kappa shape index (κ3) is 2.76. The highest BCUT2D eigenvalue weighted by Crippen LogP contribution is 2.28. The zero-order valence-electron chi connectivity index (χ0n) is 13.5. The van der Waals surface area contributed by atoms with Crippen LogP contribution in [0.1, 0.15) is 27.9 Å². The first-order valence-electron chi connectivity index (χ1n) is 7.81. The Labute approximate surface area is 142 Å². The molecule has 0 saturated heterocycles. The third-order valence-corrected chi connectivity index (χ3v) is 6.13. The summed E-state index contributed by atoms with van der Waals surface area (Å²) in [4.78, 5) is 13.1. The molecule has 3 rings (SSSR count). The Kier molecular flexibility index (Phi) is 4.28. The van der Waals surface area contributed by atoms with Gasteiger partial charge in [-0.1, -0.05) is 42.0 Å². The highest BCUT2D eigenvalue weighted by molar-refractivity contribution is 7.89. The molecule has 1 atom stereocenters. The Bertz CT molecular complexity index is 885. The molecule has 1 aliphatic heterocycles. The van der Waals surface area contributed by atoms with Crippen LogP contribution in [0.4, 0.5) is 0 Å². The molecule has 2 aromatic carbocycles. The summed E-state index contributed by atoms with van der Waals surface area (Å²) in [5.41, 5.74) is 2.27. The zero-order valence-corrected chi connectivity index (χ0v) is 14.3. The van der Waals surface area contributed by atoms with E-state index in [-0.39, 0.29) is 4.90 Å². The van der Waals surface area contributed by atoms with E-state index >= 15 is 0 Å². The molecule has 1 amide bonds. The van der Waals surface area contributed by atoms with Gasteiger partial charge >= 0.3 is 0 Å². The lowest BCUT2D eigenvalue weighted by atomic mass is 10.0. The second-order valence-corrected chi connectivity index (χ2v) is 7.73. The SMILES string of the molecule is C=C[C@@H]1CCc2ccccc2C(=O)N1S(=O)(=O)c1ccc(C)cc1. The number of fused-ring (bicyclic) bond motifs is 1. The standard InChI is InChI=1S/C19H19NO3S/c1-3-16-11-10-15-6-4-5-7-18(15)19(21)20(16)24(22,23)17-12-8-14(2)9-13-17/h3-9,12-13,16H,1,10-11H2,2H3/t16-/m1/s1. The van der Waals surface area contributed by atoms with Crippen molar-refractivity contribution >= 4 is 15.9 Å². The average Bonchev–Trinajstić information content (AvgIpc) is 2.72. The summed E-state index contributed by atoms with van der Waals surface area (Å²) in [6, 6.07) is 13.1. The first-order chi connectivity index (χ1) is 11.4. The summed E-state index contributed by atoms with van der Waals surface area (Å²) in [5.74, 6) is -0.492. The summed E-state index contributed by atoms with van der Waals surface area (Å²) < 4.78 is 27.2. The molecular weight excluding hydrogens is 322 g/mol. The van der Waals surface area contributed by atoms with Crippen LogP contribution in [0.25, 0.3) is 0 Å². The molecule has 4 nitrogen and oxygen atoms in total. The monoisotopic (exact) mass is 341 g/mol. The summed E-state index contributed by atoms with van der Waals surface area (Å²) in [6.45, 7) is 5.62. The highest BCUT2D eigenvalue weighted by Gasteiger charge is 2.37. The fourth-order valence-corrected chi connectivity index (χ4v) is 4.53. The largest absolute Gasteiger partial charge is 0.268 e. The van der Waals surface area contributed by atoms with E-state index in [1.165, 1.54) is 18.2 Å². The van der Waals surface area contributed by atoms with Gasteiger partial charge in [0.25, 0.3) is 15.9 Å². The maximum atomic E-state index is 13.1. The minimum absolute atomic E-state index is 0.118. The van der Waals surface area contributed by atoms with Crippen molar-refractivity contribution < 1.29 is 13.2 Å². The second kappa shape index (κ2) is 6.24. The minimum atomic E-state index is -3.94. The molecule has 0 unspecified atom stereocenters. The lowest BCUT2D eigenvalue weighted by Crippen LogP contribution is -2.42. The number of sulfonamides is 1.